The van der Waals surface area contributed by atoms with Crippen molar-refractivity contribution in [1.29, 1.82) is 0 Å². The number of piperidine rings is 1. The van der Waals surface area contributed by atoms with Crippen LogP contribution in [-0.2, 0) is 11.2 Å². The highest BCUT2D eigenvalue weighted by atomic mass is 19.3. The molecule has 2 aromatic rings. The third kappa shape index (κ3) is 5.35. The Hall–Kier alpha value is -3.01. The molecule has 1 N–H and O–H groups in total. The summed E-state index contributed by atoms with van der Waals surface area (Å²) >= 11 is 0. The normalized spacial score (nSPS) is 21.2. The summed E-state index contributed by atoms with van der Waals surface area (Å²) in [6, 6.07) is 6.00. The summed E-state index contributed by atoms with van der Waals surface area (Å²) in [6.45, 7) is 1.55. The van der Waals surface area contributed by atoms with E-state index in [9.17, 15) is 13.6 Å². The van der Waals surface area contributed by atoms with Gasteiger partial charge in [-0.25, -0.2) is 4.98 Å². The molecule has 2 fully saturated rings. The van der Waals surface area contributed by atoms with Crippen LogP contribution < -0.4 is 19.9 Å². The fraction of sp³-hybridized carbons (Fsp3) is 0.593. The van der Waals surface area contributed by atoms with Crippen LogP contribution in [0.2, 0.25) is 0 Å². The summed E-state index contributed by atoms with van der Waals surface area (Å²) in [5.74, 6) is -2.81. The van der Waals surface area contributed by atoms with E-state index in [2.05, 4.69) is 39.4 Å². The Kier molecular flexibility index (Phi) is 7.20. The SMILES string of the molecule is COc1ccc(CC2CCN(C)CC2)cc1Nc1ncc2c(n1)N(C1CCCC1)CC(F)(F)C(=O)N2C. The van der Waals surface area contributed by atoms with Crippen LogP contribution in [0, 0.1) is 5.92 Å². The number of carbonyl (C=O) groups is 1. The van der Waals surface area contributed by atoms with Crippen LogP contribution in [0.25, 0.3) is 0 Å². The summed E-state index contributed by atoms with van der Waals surface area (Å²) in [5, 5.41) is 3.26. The Bertz CT molecular complexity index is 1130. The Labute approximate surface area is 217 Å². The maximum Gasteiger partial charge on any atom is 0.342 e. The summed E-state index contributed by atoms with van der Waals surface area (Å²) in [5.41, 5.74) is 2.22. The van der Waals surface area contributed by atoms with E-state index < -0.39 is 18.4 Å². The molecular formula is C27H36F2N6O2. The van der Waals surface area contributed by atoms with E-state index in [1.807, 2.05) is 6.07 Å². The number of aromatic nitrogens is 2. The van der Waals surface area contributed by atoms with Gasteiger partial charge in [0.15, 0.2) is 5.82 Å². The molecule has 2 aliphatic heterocycles. The monoisotopic (exact) mass is 514 g/mol. The number of alkyl halides is 2. The van der Waals surface area contributed by atoms with Crippen LogP contribution in [-0.4, -0.2) is 73.6 Å². The lowest BCUT2D eigenvalue weighted by Crippen LogP contribution is -2.48. The van der Waals surface area contributed by atoms with Gasteiger partial charge in [-0.3, -0.25) is 4.79 Å². The van der Waals surface area contributed by atoms with Gasteiger partial charge in [-0.15, -0.1) is 0 Å². The average Bonchev–Trinajstić information content (AvgIpc) is 3.41. The Balaban J connectivity index is 1.44. The molecule has 1 saturated heterocycles. The standard InChI is InChI=1S/C27H36F2N6O2/c1-33-12-10-18(11-13-33)14-19-8-9-23(37-3)21(15-19)31-26-30-16-22-24(32-26)35(20-6-4-5-7-20)17-27(28,29)25(36)34(22)2/h8-9,15-16,18,20H,4-7,10-14,17H2,1-3H3,(H,30,31,32). The van der Waals surface area contributed by atoms with E-state index in [-0.39, 0.29) is 12.0 Å². The van der Waals surface area contributed by atoms with Crippen LogP contribution >= 0.6 is 0 Å². The molecule has 200 valence electrons. The van der Waals surface area contributed by atoms with Gasteiger partial charge in [-0.1, -0.05) is 18.9 Å². The van der Waals surface area contributed by atoms with E-state index in [0.29, 0.717) is 23.2 Å². The first kappa shape index (κ1) is 25.6. The van der Waals surface area contributed by atoms with Crippen molar-refractivity contribution in [3.63, 3.8) is 0 Å². The molecule has 1 aliphatic carbocycles. The van der Waals surface area contributed by atoms with Crippen molar-refractivity contribution in [3.05, 3.63) is 30.0 Å². The minimum atomic E-state index is -3.50. The van der Waals surface area contributed by atoms with E-state index in [1.165, 1.54) is 31.6 Å². The molecule has 8 nitrogen and oxygen atoms in total. The maximum absolute atomic E-state index is 14.9. The second-order valence-electron chi connectivity index (χ2n) is 10.6. The number of rotatable bonds is 6. The Morgan fingerprint density at radius 1 is 1.14 bits per heavy atom. The molecule has 1 saturated carbocycles. The van der Waals surface area contributed by atoms with Crippen LogP contribution in [0.1, 0.15) is 44.1 Å². The van der Waals surface area contributed by atoms with E-state index in [1.54, 1.807) is 12.0 Å². The minimum Gasteiger partial charge on any atom is -0.495 e. The second kappa shape index (κ2) is 10.4. The molecule has 0 spiro atoms. The maximum atomic E-state index is 14.9. The summed E-state index contributed by atoms with van der Waals surface area (Å²) in [7, 11) is 5.13. The number of nitrogens with one attached hydrogen (secondary N) is 1. The van der Waals surface area contributed by atoms with E-state index in [4.69, 9.17) is 4.74 Å². The van der Waals surface area contributed by atoms with Gasteiger partial charge in [-0.2, -0.15) is 13.8 Å². The first-order valence-corrected chi connectivity index (χ1v) is 13.2. The molecular weight excluding hydrogens is 478 g/mol. The number of carbonyl (C=O) groups excluding carboxylic acids is 1. The highest BCUT2D eigenvalue weighted by molar-refractivity contribution is 6.02. The second-order valence-corrected chi connectivity index (χ2v) is 10.6. The lowest BCUT2D eigenvalue weighted by molar-refractivity contribution is -0.140. The number of nitrogens with zero attached hydrogens (tertiary/aromatic N) is 5. The van der Waals surface area contributed by atoms with Crippen molar-refractivity contribution >= 4 is 29.0 Å². The molecule has 0 radical (unpaired) electrons. The Morgan fingerprint density at radius 3 is 2.57 bits per heavy atom. The van der Waals surface area contributed by atoms with E-state index in [0.717, 1.165) is 55.8 Å². The zero-order valence-electron chi connectivity index (χ0n) is 21.8. The molecule has 5 rings (SSSR count). The van der Waals surface area contributed by atoms with Crippen molar-refractivity contribution in [2.24, 2.45) is 5.92 Å². The van der Waals surface area contributed by atoms with Crippen molar-refractivity contribution in [2.75, 3.05) is 56.0 Å². The van der Waals surface area contributed by atoms with Crippen molar-refractivity contribution in [2.45, 2.75) is 56.9 Å². The molecule has 1 amide bonds. The number of halogens is 2. The highest BCUT2D eigenvalue weighted by Gasteiger charge is 2.48. The highest BCUT2D eigenvalue weighted by Crippen LogP contribution is 2.40. The minimum absolute atomic E-state index is 0.0842. The Morgan fingerprint density at radius 2 is 1.86 bits per heavy atom. The fourth-order valence-electron chi connectivity index (χ4n) is 5.80. The lowest BCUT2D eigenvalue weighted by atomic mass is 9.90. The summed E-state index contributed by atoms with van der Waals surface area (Å²) < 4.78 is 35.3. The smallest absolute Gasteiger partial charge is 0.342 e. The molecule has 3 aliphatic rings. The first-order valence-electron chi connectivity index (χ1n) is 13.2. The van der Waals surface area contributed by atoms with Gasteiger partial charge >= 0.3 is 5.92 Å². The van der Waals surface area contributed by atoms with Gasteiger partial charge in [0.05, 0.1) is 25.5 Å². The molecule has 37 heavy (non-hydrogen) atoms. The van der Waals surface area contributed by atoms with Crippen LogP contribution in [0.3, 0.4) is 0 Å². The van der Waals surface area contributed by atoms with Gasteiger partial charge in [0.2, 0.25) is 5.95 Å². The van der Waals surface area contributed by atoms with Gasteiger partial charge in [0.25, 0.3) is 5.91 Å². The van der Waals surface area contributed by atoms with Gasteiger partial charge in [0, 0.05) is 13.1 Å². The third-order valence-electron chi connectivity index (χ3n) is 8.01. The number of methoxy groups -OCH3 is 1. The summed E-state index contributed by atoms with van der Waals surface area (Å²) in [6.07, 6.45) is 8.34. The zero-order valence-corrected chi connectivity index (χ0v) is 21.8. The molecule has 1 aromatic carbocycles. The van der Waals surface area contributed by atoms with Crippen LogP contribution in [0.15, 0.2) is 24.4 Å². The molecule has 10 heteroatoms. The number of hydrogen-bond acceptors (Lipinski definition) is 7. The van der Waals surface area contributed by atoms with Crippen molar-refractivity contribution in [1.82, 2.24) is 14.9 Å². The van der Waals surface area contributed by atoms with Crippen LogP contribution in [0.4, 0.5) is 31.9 Å². The van der Waals surface area contributed by atoms with Gasteiger partial charge in [-0.05, 0) is 75.9 Å². The quantitative estimate of drug-likeness (QED) is 0.610. The largest absolute Gasteiger partial charge is 0.495 e. The van der Waals surface area contributed by atoms with E-state index >= 15 is 0 Å². The zero-order chi connectivity index (χ0) is 26.2. The molecule has 0 atom stereocenters. The first-order chi connectivity index (χ1) is 17.7. The van der Waals surface area contributed by atoms with Gasteiger partial charge < -0.3 is 24.8 Å². The summed E-state index contributed by atoms with van der Waals surface area (Å²) in [4.78, 5) is 26.6. The lowest BCUT2D eigenvalue weighted by Gasteiger charge is -2.31. The molecule has 0 bridgehead atoms. The number of hydrogen-bond donors (Lipinski definition) is 1. The predicted octanol–water partition coefficient (Wildman–Crippen LogP) is 4.47. The number of anilines is 4. The molecule has 1 aromatic heterocycles. The fourth-order valence-corrected chi connectivity index (χ4v) is 5.80. The predicted molar refractivity (Wildman–Crippen MR) is 140 cm³/mol. The number of benzene rings is 1. The molecule has 0 unspecified atom stereocenters. The third-order valence-corrected chi connectivity index (χ3v) is 8.01. The topological polar surface area (TPSA) is 73.8 Å². The van der Waals surface area contributed by atoms with Crippen molar-refractivity contribution in [3.8, 4) is 5.75 Å². The van der Waals surface area contributed by atoms with Crippen LogP contribution in [0.5, 0.6) is 5.75 Å². The number of amides is 1. The average molecular weight is 515 g/mol. The number of ether oxygens (including phenoxy) is 1. The number of fused-ring (bicyclic) bond motifs is 1. The molecule has 3 heterocycles. The van der Waals surface area contributed by atoms with Gasteiger partial charge in [0.1, 0.15) is 11.4 Å². The van der Waals surface area contributed by atoms with Crippen molar-refractivity contribution < 1.29 is 18.3 Å². The number of likely N-dealkylation sites (tertiary alicyclic amines) is 1.